The van der Waals surface area contributed by atoms with Crippen LogP contribution in [0.3, 0.4) is 0 Å². The molecule has 0 spiro atoms. The zero-order valence-electron chi connectivity index (χ0n) is 17.4. The number of allylic oxidation sites excluding steroid dienone is 2. The topological polar surface area (TPSA) is 136 Å². The van der Waals surface area contributed by atoms with Gasteiger partial charge < -0.3 is 20.2 Å². The molecule has 1 aliphatic carbocycles. The van der Waals surface area contributed by atoms with E-state index in [1.807, 2.05) is 36.4 Å². The predicted octanol–water partition coefficient (Wildman–Crippen LogP) is 1.81. The second kappa shape index (κ2) is 12.3. The summed E-state index contributed by atoms with van der Waals surface area (Å²) in [5.74, 6) is 1.26. The van der Waals surface area contributed by atoms with Crippen molar-refractivity contribution in [2.24, 2.45) is 11.8 Å². The quantitative estimate of drug-likeness (QED) is 0.196. The first-order valence-corrected chi connectivity index (χ1v) is 10.7. The molecule has 0 radical (unpaired) electrons. The van der Waals surface area contributed by atoms with E-state index in [0.717, 1.165) is 19.3 Å². The normalized spacial score (nSPS) is 24.9. The molecule has 1 saturated carbocycles. The van der Waals surface area contributed by atoms with Crippen LogP contribution in [0.15, 0.2) is 54.6 Å². The number of hydrogen-bond donors (Lipinski definition) is 5. The number of H-pyrrole nitrogens is 1. The van der Waals surface area contributed by atoms with E-state index in [4.69, 9.17) is 4.74 Å². The van der Waals surface area contributed by atoms with Crippen LogP contribution in [0.2, 0.25) is 0 Å². The Hall–Kier alpha value is -2.59. The van der Waals surface area contributed by atoms with E-state index in [0.29, 0.717) is 24.4 Å². The molecule has 5 N–H and O–H groups in total. The maximum atomic E-state index is 10.5. The number of para-hydroxylation sites is 1. The van der Waals surface area contributed by atoms with E-state index >= 15 is 0 Å². The molecule has 1 aromatic heterocycles. The van der Waals surface area contributed by atoms with Crippen LogP contribution < -0.4 is 10.2 Å². The van der Waals surface area contributed by atoms with Crippen molar-refractivity contribution in [3.05, 3.63) is 60.5 Å². The minimum Gasteiger partial charge on any atom is -0.491 e. The molecule has 3 rings (SSSR count). The maximum Gasteiger partial charge on any atom is 0.174 e. The lowest BCUT2D eigenvalue weighted by Gasteiger charge is -2.21. The van der Waals surface area contributed by atoms with Crippen molar-refractivity contribution in [2.75, 3.05) is 6.61 Å². The summed E-state index contributed by atoms with van der Waals surface area (Å²) in [7, 11) is 0. The number of aliphatic hydroxyl groups is 2. The first-order chi connectivity index (χ1) is 15.2. The average Bonchev–Trinajstić information content (AvgIpc) is 3.41. The Balaban J connectivity index is 1.47. The van der Waals surface area contributed by atoms with Gasteiger partial charge in [-0.1, -0.05) is 47.7 Å². The van der Waals surface area contributed by atoms with E-state index < -0.39 is 12.2 Å². The van der Waals surface area contributed by atoms with Crippen molar-refractivity contribution in [3.8, 4) is 5.75 Å². The van der Waals surface area contributed by atoms with E-state index in [-0.39, 0.29) is 24.5 Å². The maximum absolute atomic E-state index is 10.5. The lowest BCUT2D eigenvalue weighted by molar-refractivity contribution is 0.107. The van der Waals surface area contributed by atoms with Gasteiger partial charge in [0.25, 0.3) is 0 Å². The highest BCUT2D eigenvalue weighted by molar-refractivity contribution is 5.21. The fourth-order valence-corrected chi connectivity index (χ4v) is 3.92. The Labute approximate surface area is 181 Å². The standard InChI is InChI=1S/C22H31N5O4/c28-16(15-31-17-8-4-3-5-9-17)12-13-18-19(21(29)14-20(18)25-30)10-6-1-2-7-11-22-23-26-27-24-22/h1,3-6,8-9,12-13,16,18-21,25,28-30H,2,7,10-11,14-15H2,(H,23,24,26,27)/b6-1+,13-12+. The van der Waals surface area contributed by atoms with Gasteiger partial charge in [0, 0.05) is 18.4 Å². The molecule has 0 amide bonds. The van der Waals surface area contributed by atoms with Gasteiger partial charge in [-0.25, -0.2) is 5.48 Å². The smallest absolute Gasteiger partial charge is 0.174 e. The van der Waals surface area contributed by atoms with E-state index in [9.17, 15) is 15.4 Å². The van der Waals surface area contributed by atoms with Crippen LogP contribution in [0.1, 0.15) is 31.5 Å². The molecular formula is C22H31N5O4. The third-order valence-corrected chi connectivity index (χ3v) is 5.57. The zero-order valence-corrected chi connectivity index (χ0v) is 17.4. The van der Waals surface area contributed by atoms with Crippen LogP contribution >= 0.6 is 0 Å². The third kappa shape index (κ3) is 7.25. The molecule has 0 saturated heterocycles. The highest BCUT2D eigenvalue weighted by Gasteiger charge is 2.40. The molecule has 0 aliphatic heterocycles. The summed E-state index contributed by atoms with van der Waals surface area (Å²) in [5.41, 5.74) is 2.31. The minimum absolute atomic E-state index is 0.0448. The summed E-state index contributed by atoms with van der Waals surface area (Å²) in [5, 5.41) is 44.1. The number of benzene rings is 1. The number of nitrogens with one attached hydrogen (secondary N) is 2. The molecular weight excluding hydrogens is 398 g/mol. The van der Waals surface area contributed by atoms with Crippen LogP contribution in [0.4, 0.5) is 0 Å². The monoisotopic (exact) mass is 429 g/mol. The Kier molecular flexibility index (Phi) is 9.16. The fourth-order valence-electron chi connectivity index (χ4n) is 3.92. The predicted molar refractivity (Wildman–Crippen MR) is 114 cm³/mol. The highest BCUT2D eigenvalue weighted by atomic mass is 16.5. The van der Waals surface area contributed by atoms with Crippen molar-refractivity contribution in [2.45, 2.75) is 50.4 Å². The zero-order chi connectivity index (χ0) is 21.9. The summed E-state index contributed by atoms with van der Waals surface area (Å²) in [6.07, 6.45) is 10.1. The van der Waals surface area contributed by atoms with E-state index in [1.54, 1.807) is 6.08 Å². The second-order valence-corrected chi connectivity index (χ2v) is 7.78. The summed E-state index contributed by atoms with van der Waals surface area (Å²) < 4.78 is 5.57. The average molecular weight is 430 g/mol. The number of ether oxygens (including phenoxy) is 1. The van der Waals surface area contributed by atoms with E-state index in [1.165, 1.54) is 0 Å². The summed E-state index contributed by atoms with van der Waals surface area (Å²) in [6.45, 7) is 0.137. The number of aryl methyl sites for hydroxylation is 1. The highest BCUT2D eigenvalue weighted by Crippen LogP contribution is 2.36. The van der Waals surface area contributed by atoms with Crippen molar-refractivity contribution in [3.63, 3.8) is 0 Å². The summed E-state index contributed by atoms with van der Waals surface area (Å²) >= 11 is 0. The number of aromatic amines is 1. The van der Waals surface area contributed by atoms with Crippen LogP contribution in [0.5, 0.6) is 5.75 Å². The molecule has 1 fully saturated rings. The Morgan fingerprint density at radius 2 is 2.10 bits per heavy atom. The van der Waals surface area contributed by atoms with Gasteiger partial charge in [-0.15, -0.1) is 10.2 Å². The second-order valence-electron chi connectivity index (χ2n) is 7.78. The lowest BCUT2D eigenvalue weighted by atomic mass is 9.89. The first-order valence-electron chi connectivity index (χ1n) is 10.7. The van der Waals surface area contributed by atoms with Crippen LogP contribution in [0, 0.1) is 11.8 Å². The number of nitrogens with zero attached hydrogens (tertiary/aromatic N) is 3. The van der Waals surface area contributed by atoms with Crippen LogP contribution in [-0.2, 0) is 6.42 Å². The van der Waals surface area contributed by atoms with Gasteiger partial charge in [-0.3, -0.25) is 0 Å². The molecule has 1 aliphatic rings. The van der Waals surface area contributed by atoms with Gasteiger partial charge in [0.05, 0.1) is 6.10 Å². The van der Waals surface area contributed by atoms with Crippen LogP contribution in [-0.4, -0.2) is 60.9 Å². The molecule has 5 atom stereocenters. The molecule has 9 heteroatoms. The number of tetrazole rings is 1. The number of hydroxylamine groups is 1. The number of aliphatic hydroxyl groups excluding tert-OH is 2. The number of rotatable bonds is 12. The molecule has 5 unspecified atom stereocenters. The Morgan fingerprint density at radius 3 is 2.84 bits per heavy atom. The number of hydrogen-bond acceptors (Lipinski definition) is 8. The summed E-state index contributed by atoms with van der Waals surface area (Å²) in [6, 6.07) is 9.06. The van der Waals surface area contributed by atoms with Gasteiger partial charge in [-0.05, 0) is 43.7 Å². The number of aromatic nitrogens is 4. The Morgan fingerprint density at radius 1 is 1.26 bits per heavy atom. The van der Waals surface area contributed by atoms with Gasteiger partial charge in [0.2, 0.25) is 0 Å². The first kappa shape index (κ1) is 23.1. The van der Waals surface area contributed by atoms with Gasteiger partial charge >= 0.3 is 0 Å². The SMILES string of the molecule is ONC1CC(O)C(C/C=C/CCCc2nn[nH]n2)C1/C=C/C(O)COc1ccccc1. The van der Waals surface area contributed by atoms with Crippen molar-refractivity contribution >= 4 is 0 Å². The lowest BCUT2D eigenvalue weighted by Crippen LogP contribution is -2.31. The van der Waals surface area contributed by atoms with Gasteiger partial charge in [0.15, 0.2) is 5.82 Å². The molecule has 0 bridgehead atoms. The molecule has 1 aromatic carbocycles. The molecule has 9 nitrogen and oxygen atoms in total. The third-order valence-electron chi connectivity index (χ3n) is 5.57. The molecule has 1 heterocycles. The van der Waals surface area contributed by atoms with Crippen molar-refractivity contribution in [1.29, 1.82) is 0 Å². The summed E-state index contributed by atoms with van der Waals surface area (Å²) in [4.78, 5) is 0. The van der Waals surface area contributed by atoms with E-state index in [2.05, 4.69) is 38.3 Å². The van der Waals surface area contributed by atoms with Gasteiger partial charge in [-0.2, -0.15) is 5.21 Å². The fraction of sp³-hybridized carbons (Fsp3) is 0.500. The van der Waals surface area contributed by atoms with Crippen LogP contribution in [0.25, 0.3) is 0 Å². The Bertz CT molecular complexity index is 799. The van der Waals surface area contributed by atoms with Gasteiger partial charge in [0.1, 0.15) is 18.5 Å². The van der Waals surface area contributed by atoms with Crippen molar-refractivity contribution in [1.82, 2.24) is 26.1 Å². The molecule has 2 aromatic rings. The molecule has 31 heavy (non-hydrogen) atoms. The largest absolute Gasteiger partial charge is 0.491 e. The molecule has 168 valence electrons. The number of unbranched alkanes of at least 4 members (excludes halogenated alkanes) is 1. The minimum atomic E-state index is -0.779. The van der Waals surface area contributed by atoms with Crippen molar-refractivity contribution < 1.29 is 20.2 Å².